The third-order valence-corrected chi connectivity index (χ3v) is 4.10. The molecule has 0 aliphatic rings. The van der Waals surface area contributed by atoms with Gasteiger partial charge >= 0.3 is 0 Å². The quantitative estimate of drug-likeness (QED) is 0.397. The summed E-state index contributed by atoms with van der Waals surface area (Å²) in [5.74, 6) is 0. The van der Waals surface area contributed by atoms with Gasteiger partial charge in [-0.15, -0.1) is 6.58 Å². The minimum atomic E-state index is -0.00915. The summed E-state index contributed by atoms with van der Waals surface area (Å²) in [7, 11) is 0. The van der Waals surface area contributed by atoms with E-state index in [1.165, 1.54) is 11.1 Å². The molecule has 0 saturated heterocycles. The molecule has 3 rings (SSSR count). The van der Waals surface area contributed by atoms with Crippen molar-refractivity contribution >= 4 is 0 Å². The van der Waals surface area contributed by atoms with E-state index in [-0.39, 0.29) is 6.04 Å². The number of hydrogen-bond donors (Lipinski definition) is 0. The maximum absolute atomic E-state index is 6.20. The van der Waals surface area contributed by atoms with Crippen LogP contribution in [0.4, 0.5) is 0 Å². The van der Waals surface area contributed by atoms with Crippen molar-refractivity contribution in [3.05, 3.63) is 120 Å². The fourth-order valence-electron chi connectivity index (χ4n) is 2.79. The summed E-state index contributed by atoms with van der Waals surface area (Å²) in [5, 5.41) is 2.00. The first-order valence-electron chi connectivity index (χ1n) is 8.52. The zero-order valence-corrected chi connectivity index (χ0v) is 14.3. The molecule has 0 fully saturated rings. The van der Waals surface area contributed by atoms with Crippen molar-refractivity contribution in [1.82, 2.24) is 5.06 Å². The van der Waals surface area contributed by atoms with Crippen LogP contribution >= 0.6 is 0 Å². The van der Waals surface area contributed by atoms with Gasteiger partial charge in [0.25, 0.3) is 0 Å². The first-order chi connectivity index (χ1) is 12.4. The average molecular weight is 329 g/mol. The third kappa shape index (κ3) is 4.90. The SMILES string of the molecule is C=C[C@@H](c1ccccc1)N(Cc1ccccc1)OCc1ccccc1. The number of hydrogen-bond acceptors (Lipinski definition) is 2. The number of hydroxylamine groups is 2. The molecule has 0 saturated carbocycles. The van der Waals surface area contributed by atoms with E-state index in [1.54, 1.807) is 0 Å². The van der Waals surface area contributed by atoms with Crippen molar-refractivity contribution in [1.29, 1.82) is 0 Å². The van der Waals surface area contributed by atoms with Crippen molar-refractivity contribution in [3.63, 3.8) is 0 Å². The molecule has 25 heavy (non-hydrogen) atoms. The van der Waals surface area contributed by atoms with Crippen LogP contribution in [-0.2, 0) is 18.0 Å². The van der Waals surface area contributed by atoms with Crippen molar-refractivity contribution < 1.29 is 4.84 Å². The van der Waals surface area contributed by atoms with Crippen LogP contribution in [0.15, 0.2) is 104 Å². The standard InChI is InChI=1S/C23H23NO/c1-2-23(22-16-10-5-11-17-22)24(18-20-12-6-3-7-13-20)25-19-21-14-8-4-9-15-21/h2-17,23H,1,18-19H2/t23-/m0/s1. The molecule has 0 spiro atoms. The second-order valence-electron chi connectivity index (χ2n) is 5.91. The molecule has 0 radical (unpaired) electrons. The molecule has 0 N–H and O–H groups in total. The van der Waals surface area contributed by atoms with Crippen molar-refractivity contribution in [3.8, 4) is 0 Å². The molecule has 0 aliphatic carbocycles. The topological polar surface area (TPSA) is 12.5 Å². The molecule has 1 atom stereocenters. The van der Waals surface area contributed by atoms with E-state index in [1.807, 2.05) is 53.6 Å². The van der Waals surface area contributed by atoms with Crippen LogP contribution in [0.1, 0.15) is 22.7 Å². The molecule has 0 amide bonds. The average Bonchev–Trinajstić information content (AvgIpc) is 2.69. The highest BCUT2D eigenvalue weighted by molar-refractivity contribution is 5.23. The Morgan fingerprint density at radius 3 is 1.84 bits per heavy atom. The number of nitrogens with zero attached hydrogens (tertiary/aromatic N) is 1. The highest BCUT2D eigenvalue weighted by atomic mass is 16.7. The zero-order chi connectivity index (χ0) is 17.3. The van der Waals surface area contributed by atoms with Crippen LogP contribution < -0.4 is 0 Å². The van der Waals surface area contributed by atoms with Gasteiger partial charge in [-0.1, -0.05) is 97.1 Å². The van der Waals surface area contributed by atoms with E-state index in [2.05, 4.69) is 55.1 Å². The van der Waals surface area contributed by atoms with Crippen LogP contribution in [0.25, 0.3) is 0 Å². The Labute approximate surface area is 150 Å². The lowest BCUT2D eigenvalue weighted by molar-refractivity contribution is -0.196. The molecule has 0 heterocycles. The van der Waals surface area contributed by atoms with Crippen molar-refractivity contribution in [2.75, 3.05) is 0 Å². The van der Waals surface area contributed by atoms with E-state index in [9.17, 15) is 0 Å². The minimum Gasteiger partial charge on any atom is -0.293 e. The van der Waals surface area contributed by atoms with Crippen LogP contribution in [0.2, 0.25) is 0 Å². The Hall–Kier alpha value is -2.68. The monoisotopic (exact) mass is 329 g/mol. The summed E-state index contributed by atoms with van der Waals surface area (Å²) in [4.78, 5) is 6.20. The fraction of sp³-hybridized carbons (Fsp3) is 0.130. The Kier molecular flexibility index (Phi) is 6.16. The molecule has 126 valence electrons. The lowest BCUT2D eigenvalue weighted by Crippen LogP contribution is -2.27. The predicted molar refractivity (Wildman–Crippen MR) is 103 cm³/mol. The summed E-state index contributed by atoms with van der Waals surface area (Å²) in [5.41, 5.74) is 3.52. The van der Waals surface area contributed by atoms with Crippen molar-refractivity contribution in [2.45, 2.75) is 19.2 Å². The Morgan fingerprint density at radius 1 is 0.760 bits per heavy atom. The van der Waals surface area contributed by atoms with Gasteiger partial charge in [-0.05, 0) is 16.7 Å². The van der Waals surface area contributed by atoms with Crippen LogP contribution in [0.5, 0.6) is 0 Å². The number of rotatable bonds is 8. The highest BCUT2D eigenvalue weighted by Gasteiger charge is 2.19. The maximum Gasteiger partial charge on any atom is 0.0936 e. The van der Waals surface area contributed by atoms with Crippen LogP contribution in [-0.4, -0.2) is 5.06 Å². The van der Waals surface area contributed by atoms with E-state index < -0.39 is 0 Å². The van der Waals surface area contributed by atoms with Crippen molar-refractivity contribution in [2.24, 2.45) is 0 Å². The number of benzene rings is 3. The summed E-state index contributed by atoms with van der Waals surface area (Å²) in [6, 6.07) is 30.9. The summed E-state index contributed by atoms with van der Waals surface area (Å²) in [6.07, 6.45) is 1.93. The molecule has 0 aromatic heterocycles. The lowest BCUT2D eigenvalue weighted by Gasteiger charge is -2.29. The molecule has 0 bridgehead atoms. The Morgan fingerprint density at radius 2 is 1.28 bits per heavy atom. The van der Waals surface area contributed by atoms with Gasteiger partial charge in [-0.3, -0.25) is 4.84 Å². The summed E-state index contributed by atoms with van der Waals surface area (Å²) < 4.78 is 0. The third-order valence-electron chi connectivity index (χ3n) is 4.10. The second kappa shape index (κ2) is 8.97. The molecular formula is C23H23NO. The molecule has 2 heteroatoms. The first-order valence-corrected chi connectivity index (χ1v) is 8.52. The van der Waals surface area contributed by atoms with Crippen LogP contribution in [0.3, 0.4) is 0 Å². The largest absolute Gasteiger partial charge is 0.293 e. The van der Waals surface area contributed by atoms with Gasteiger partial charge in [0.1, 0.15) is 0 Å². The predicted octanol–water partition coefficient (Wildman–Crippen LogP) is 5.55. The van der Waals surface area contributed by atoms with Gasteiger partial charge in [-0.2, -0.15) is 5.06 Å². The molecular weight excluding hydrogens is 306 g/mol. The lowest BCUT2D eigenvalue weighted by atomic mass is 10.1. The zero-order valence-electron chi connectivity index (χ0n) is 14.3. The fourth-order valence-corrected chi connectivity index (χ4v) is 2.79. The van der Waals surface area contributed by atoms with E-state index in [0.717, 1.165) is 5.56 Å². The molecule has 0 unspecified atom stereocenters. The van der Waals surface area contributed by atoms with Gasteiger partial charge in [0.2, 0.25) is 0 Å². The summed E-state index contributed by atoms with van der Waals surface area (Å²) >= 11 is 0. The summed E-state index contributed by atoms with van der Waals surface area (Å²) in [6.45, 7) is 5.26. The van der Waals surface area contributed by atoms with Gasteiger partial charge in [0, 0.05) is 0 Å². The van der Waals surface area contributed by atoms with Gasteiger partial charge in [0.15, 0.2) is 0 Å². The minimum absolute atomic E-state index is 0.00915. The van der Waals surface area contributed by atoms with E-state index in [4.69, 9.17) is 4.84 Å². The molecule has 3 aromatic rings. The maximum atomic E-state index is 6.20. The van der Waals surface area contributed by atoms with Gasteiger partial charge in [0.05, 0.1) is 19.2 Å². The smallest absolute Gasteiger partial charge is 0.0936 e. The van der Waals surface area contributed by atoms with E-state index in [0.29, 0.717) is 13.2 Å². The van der Waals surface area contributed by atoms with E-state index >= 15 is 0 Å². The first kappa shape index (κ1) is 17.2. The van der Waals surface area contributed by atoms with Gasteiger partial charge in [-0.25, -0.2) is 0 Å². The normalized spacial score (nSPS) is 12.0. The Bertz CT molecular complexity index is 756. The van der Waals surface area contributed by atoms with Gasteiger partial charge < -0.3 is 0 Å². The Balaban J connectivity index is 1.81. The molecule has 3 aromatic carbocycles. The molecule has 2 nitrogen and oxygen atoms in total. The molecule has 0 aliphatic heterocycles. The second-order valence-corrected chi connectivity index (χ2v) is 5.91. The van der Waals surface area contributed by atoms with Crippen LogP contribution in [0, 0.1) is 0 Å². The highest BCUT2D eigenvalue weighted by Crippen LogP contribution is 2.25.